The molecular formula is C35H48OS2. The first kappa shape index (κ1) is 30.7. The molecule has 3 rings (SSSR count). The third-order valence-electron chi connectivity index (χ3n) is 7.34. The van der Waals surface area contributed by atoms with E-state index in [9.17, 15) is 0 Å². The molecule has 0 heterocycles. The number of thioether (sulfide) groups is 1. The molecule has 0 spiro atoms. The Morgan fingerprint density at radius 1 is 0.737 bits per heavy atom. The van der Waals surface area contributed by atoms with Crippen molar-refractivity contribution in [3.8, 4) is 0 Å². The van der Waals surface area contributed by atoms with Crippen LogP contribution in [-0.4, -0.2) is 15.7 Å². The number of rotatable bonds is 18. The molecule has 0 atom stereocenters. The van der Waals surface area contributed by atoms with E-state index in [4.69, 9.17) is 17.0 Å². The minimum atomic E-state index is -0.539. The predicted octanol–water partition coefficient (Wildman–Crippen LogP) is 11.0. The predicted molar refractivity (Wildman–Crippen MR) is 172 cm³/mol. The van der Waals surface area contributed by atoms with Gasteiger partial charge in [0.15, 0.2) is 9.98 Å². The number of thiocarbonyl (C=S) groups is 1. The zero-order chi connectivity index (χ0) is 26.9. The second-order valence-corrected chi connectivity index (χ2v) is 12.3. The van der Waals surface area contributed by atoms with Crippen molar-refractivity contribution in [1.29, 1.82) is 0 Å². The van der Waals surface area contributed by atoms with E-state index in [0.717, 1.165) is 17.7 Å². The first-order valence-electron chi connectivity index (χ1n) is 15.1. The van der Waals surface area contributed by atoms with Crippen LogP contribution in [0.2, 0.25) is 0 Å². The summed E-state index contributed by atoms with van der Waals surface area (Å²) in [7, 11) is 0. The van der Waals surface area contributed by atoms with Gasteiger partial charge in [0.25, 0.3) is 0 Å². The normalized spacial score (nSPS) is 18.5. The van der Waals surface area contributed by atoms with Gasteiger partial charge in [-0.25, -0.2) is 0 Å². The highest BCUT2D eigenvalue weighted by Gasteiger charge is 2.31. The summed E-state index contributed by atoms with van der Waals surface area (Å²) in [6.45, 7) is 4.53. The van der Waals surface area contributed by atoms with E-state index in [1.807, 2.05) is 11.8 Å². The summed E-state index contributed by atoms with van der Waals surface area (Å²) in [6.07, 6.45) is 26.0. The van der Waals surface area contributed by atoms with Crippen molar-refractivity contribution in [2.75, 3.05) is 5.75 Å². The van der Waals surface area contributed by atoms with Crippen LogP contribution in [0.25, 0.3) is 0 Å². The molecule has 3 heteroatoms. The van der Waals surface area contributed by atoms with Crippen molar-refractivity contribution in [2.24, 2.45) is 0 Å². The highest BCUT2D eigenvalue weighted by molar-refractivity contribution is 8.00. The molecule has 0 fully saturated rings. The zero-order valence-electron chi connectivity index (χ0n) is 23.7. The van der Waals surface area contributed by atoms with E-state index in [2.05, 4.69) is 92.7 Å². The molecule has 0 aromatic heterocycles. The van der Waals surface area contributed by atoms with Crippen LogP contribution < -0.4 is 0 Å². The monoisotopic (exact) mass is 548 g/mol. The highest BCUT2D eigenvalue weighted by Crippen LogP contribution is 2.38. The smallest absolute Gasteiger partial charge is 0.193 e. The molecular weight excluding hydrogens is 501 g/mol. The molecule has 0 amide bonds. The van der Waals surface area contributed by atoms with Gasteiger partial charge in [-0.3, -0.25) is 0 Å². The summed E-state index contributed by atoms with van der Waals surface area (Å²) in [5.41, 5.74) is 3.68. The van der Waals surface area contributed by atoms with Gasteiger partial charge in [-0.05, 0) is 60.5 Å². The first-order chi connectivity index (χ1) is 18.7. The van der Waals surface area contributed by atoms with E-state index < -0.39 is 4.93 Å². The Labute approximate surface area is 242 Å². The molecule has 0 N–H and O–H groups in total. The lowest BCUT2D eigenvalue weighted by Crippen LogP contribution is -2.29. The van der Waals surface area contributed by atoms with Gasteiger partial charge in [-0.2, -0.15) is 0 Å². The van der Waals surface area contributed by atoms with Crippen LogP contribution >= 0.6 is 24.0 Å². The second-order valence-electron chi connectivity index (χ2n) is 10.6. The van der Waals surface area contributed by atoms with E-state index >= 15 is 0 Å². The fourth-order valence-electron chi connectivity index (χ4n) is 4.92. The van der Waals surface area contributed by atoms with E-state index in [1.165, 1.54) is 88.2 Å². The molecule has 0 bridgehead atoms. The number of benzene rings is 2. The van der Waals surface area contributed by atoms with Crippen LogP contribution in [0.5, 0.6) is 0 Å². The maximum atomic E-state index is 6.59. The summed E-state index contributed by atoms with van der Waals surface area (Å²) >= 11 is 7.70. The highest BCUT2D eigenvalue weighted by atomic mass is 32.2. The van der Waals surface area contributed by atoms with Crippen LogP contribution in [0.15, 0.2) is 78.9 Å². The van der Waals surface area contributed by atoms with Gasteiger partial charge in [-0.15, -0.1) is 11.8 Å². The third kappa shape index (κ3) is 10.7. The molecule has 0 unspecified atom stereocenters. The Balaban J connectivity index is 1.56. The van der Waals surface area contributed by atoms with Gasteiger partial charge in [0, 0.05) is 11.5 Å². The van der Waals surface area contributed by atoms with Gasteiger partial charge < -0.3 is 4.74 Å². The lowest BCUT2D eigenvalue weighted by Gasteiger charge is -2.31. The van der Waals surface area contributed by atoms with Gasteiger partial charge in [0.1, 0.15) is 0 Å². The number of aryl methyl sites for hydroxylation is 1. The maximum Gasteiger partial charge on any atom is 0.193 e. The van der Waals surface area contributed by atoms with Crippen molar-refractivity contribution < 1.29 is 4.74 Å². The summed E-state index contributed by atoms with van der Waals surface area (Å²) < 4.78 is 6.59. The van der Waals surface area contributed by atoms with Crippen molar-refractivity contribution in [1.82, 2.24) is 0 Å². The van der Waals surface area contributed by atoms with Crippen molar-refractivity contribution >= 4 is 29.0 Å². The van der Waals surface area contributed by atoms with E-state index in [1.54, 1.807) is 0 Å². The minimum Gasteiger partial charge on any atom is -0.458 e. The molecule has 0 radical (unpaired) electrons. The van der Waals surface area contributed by atoms with Crippen molar-refractivity contribution in [3.63, 3.8) is 0 Å². The Kier molecular flexibility index (Phi) is 14.3. The molecule has 2 aromatic rings. The quantitative estimate of drug-likeness (QED) is 0.0793. The Morgan fingerprint density at radius 2 is 1.32 bits per heavy atom. The minimum absolute atomic E-state index is 0.275. The summed E-state index contributed by atoms with van der Waals surface area (Å²) in [4.78, 5) is -0.539. The Bertz CT molecular complexity index is 963. The average molecular weight is 549 g/mol. The van der Waals surface area contributed by atoms with E-state index in [-0.39, 0.29) is 5.92 Å². The first-order valence-corrected chi connectivity index (χ1v) is 16.4. The van der Waals surface area contributed by atoms with Gasteiger partial charge in [0.2, 0.25) is 0 Å². The number of allylic oxidation sites excluding steroid dienone is 2. The molecule has 0 saturated carbocycles. The lowest BCUT2D eigenvalue weighted by molar-refractivity contribution is 0.256. The zero-order valence-corrected chi connectivity index (χ0v) is 25.3. The van der Waals surface area contributed by atoms with Crippen LogP contribution in [-0.2, 0) is 11.2 Å². The van der Waals surface area contributed by atoms with Crippen molar-refractivity contribution in [3.05, 3.63) is 95.6 Å². The summed E-state index contributed by atoms with van der Waals surface area (Å²) in [5.74, 6) is 1.34. The average Bonchev–Trinajstić information content (AvgIpc) is 2.95. The number of unbranched alkanes of at least 4 members (excludes halogenated alkanes) is 10. The van der Waals surface area contributed by atoms with Crippen LogP contribution in [0.1, 0.15) is 114 Å². The van der Waals surface area contributed by atoms with Crippen LogP contribution in [0, 0.1) is 0 Å². The van der Waals surface area contributed by atoms with Crippen LogP contribution in [0.4, 0.5) is 0 Å². The van der Waals surface area contributed by atoms with Gasteiger partial charge >= 0.3 is 0 Å². The number of hydrogen-bond donors (Lipinski definition) is 0. The molecule has 1 nitrogen and oxygen atoms in total. The molecule has 2 aromatic carbocycles. The molecule has 1 aliphatic rings. The summed E-state index contributed by atoms with van der Waals surface area (Å²) in [5, 5.41) is 0.581. The SMILES string of the molecule is CCCCCCCCCCCSC1(OC(=S)c2ccc(CCCCC)cc2)C=CC(c2ccccc2)C=C1. The van der Waals surface area contributed by atoms with E-state index in [0.29, 0.717) is 5.05 Å². The third-order valence-corrected chi connectivity index (χ3v) is 8.96. The topological polar surface area (TPSA) is 9.23 Å². The molecule has 38 heavy (non-hydrogen) atoms. The van der Waals surface area contributed by atoms with Gasteiger partial charge in [0.05, 0.1) is 0 Å². The Hall–Kier alpha value is -1.84. The number of ether oxygens (including phenoxy) is 1. The molecule has 1 aliphatic carbocycles. The summed E-state index contributed by atoms with van der Waals surface area (Å²) in [6, 6.07) is 19.3. The standard InChI is InChI=1S/C35H48OS2/c1-3-5-7-8-9-10-11-12-17-29-38-35(27-25-32(26-28-35)31-19-15-13-16-20-31)36-34(37)33-23-21-30(22-24-33)18-14-6-4-2/h13,15-16,19-28,32H,3-12,14,17-18,29H2,1-2H3. The fourth-order valence-corrected chi connectivity index (χ4v) is 6.41. The van der Waals surface area contributed by atoms with Gasteiger partial charge in [-0.1, -0.05) is 145 Å². The molecule has 0 aliphatic heterocycles. The fraction of sp³-hybridized carbons (Fsp3) is 0.514. The second kappa shape index (κ2) is 17.7. The molecule has 206 valence electrons. The largest absolute Gasteiger partial charge is 0.458 e. The van der Waals surface area contributed by atoms with Crippen LogP contribution in [0.3, 0.4) is 0 Å². The van der Waals surface area contributed by atoms with Crippen molar-refractivity contribution in [2.45, 2.75) is 108 Å². The lowest BCUT2D eigenvalue weighted by atomic mass is 9.94. The molecule has 0 saturated heterocycles. The Morgan fingerprint density at radius 3 is 1.95 bits per heavy atom. The maximum absolute atomic E-state index is 6.59. The number of hydrogen-bond acceptors (Lipinski definition) is 3.